The monoisotopic (exact) mass is 363 g/mol. The number of carbonyl (C=O) groups is 3. The molecule has 0 saturated carbocycles. The van der Waals surface area contributed by atoms with Crippen molar-refractivity contribution in [1.29, 1.82) is 0 Å². The van der Waals surface area contributed by atoms with Crippen LogP contribution in [0.2, 0.25) is 5.02 Å². The molecular formula is C17H18ClN3O4. The standard InChI is InChI=1S/C17H18ClN3O4/c18-14-6-2-1-5-13(14)17(24)19-8-7-15(22)21-11-16(23)20-10-12-4-3-9-25-12/h1-6,9H,7-8,10-11H2,(H,19,24)(H,20,23)(H,21,22). The summed E-state index contributed by atoms with van der Waals surface area (Å²) in [6.07, 6.45) is 1.57. The van der Waals surface area contributed by atoms with Gasteiger partial charge in [-0.25, -0.2) is 0 Å². The van der Waals surface area contributed by atoms with Crippen LogP contribution < -0.4 is 16.0 Å². The van der Waals surface area contributed by atoms with Crippen LogP contribution in [0.25, 0.3) is 0 Å². The third-order valence-corrected chi connectivity index (χ3v) is 3.57. The van der Waals surface area contributed by atoms with Gasteiger partial charge in [0.05, 0.1) is 29.9 Å². The minimum absolute atomic E-state index is 0.0572. The second-order valence-electron chi connectivity index (χ2n) is 5.12. The molecule has 0 unspecified atom stereocenters. The van der Waals surface area contributed by atoms with Gasteiger partial charge in [-0.15, -0.1) is 0 Å². The van der Waals surface area contributed by atoms with Crippen molar-refractivity contribution in [2.24, 2.45) is 0 Å². The number of furan rings is 1. The highest BCUT2D eigenvalue weighted by Crippen LogP contribution is 2.14. The molecule has 8 heteroatoms. The van der Waals surface area contributed by atoms with Gasteiger partial charge in [-0.3, -0.25) is 14.4 Å². The molecule has 0 atom stereocenters. The topological polar surface area (TPSA) is 100 Å². The number of hydrogen-bond donors (Lipinski definition) is 3. The lowest BCUT2D eigenvalue weighted by Gasteiger charge is -2.08. The summed E-state index contributed by atoms with van der Waals surface area (Å²) in [7, 11) is 0. The molecule has 0 aliphatic rings. The molecule has 25 heavy (non-hydrogen) atoms. The molecule has 2 rings (SSSR count). The van der Waals surface area contributed by atoms with Crippen molar-refractivity contribution < 1.29 is 18.8 Å². The maximum Gasteiger partial charge on any atom is 0.252 e. The van der Waals surface area contributed by atoms with Gasteiger partial charge in [-0.2, -0.15) is 0 Å². The van der Waals surface area contributed by atoms with Gasteiger partial charge in [0, 0.05) is 13.0 Å². The zero-order valence-electron chi connectivity index (χ0n) is 13.4. The molecule has 3 amide bonds. The maximum absolute atomic E-state index is 11.9. The largest absolute Gasteiger partial charge is 0.467 e. The molecule has 0 aliphatic carbocycles. The zero-order valence-corrected chi connectivity index (χ0v) is 14.1. The SMILES string of the molecule is O=C(CCNC(=O)c1ccccc1Cl)NCC(=O)NCc1ccco1. The van der Waals surface area contributed by atoms with Crippen LogP contribution >= 0.6 is 11.6 Å². The lowest BCUT2D eigenvalue weighted by Crippen LogP contribution is -2.38. The fraction of sp³-hybridized carbons (Fsp3) is 0.235. The molecule has 3 N–H and O–H groups in total. The number of rotatable bonds is 8. The molecular weight excluding hydrogens is 346 g/mol. The van der Waals surface area contributed by atoms with Crippen LogP contribution in [0, 0.1) is 0 Å². The molecule has 1 aromatic heterocycles. The van der Waals surface area contributed by atoms with Gasteiger partial charge in [-0.1, -0.05) is 23.7 Å². The quantitative estimate of drug-likeness (QED) is 0.661. The van der Waals surface area contributed by atoms with Crippen LogP contribution in [0.5, 0.6) is 0 Å². The Kier molecular flexibility index (Phi) is 7.03. The third kappa shape index (κ3) is 6.31. The highest BCUT2D eigenvalue weighted by molar-refractivity contribution is 6.33. The predicted molar refractivity (Wildman–Crippen MR) is 92.0 cm³/mol. The fourth-order valence-corrected chi connectivity index (χ4v) is 2.18. The second-order valence-corrected chi connectivity index (χ2v) is 5.53. The van der Waals surface area contributed by atoms with E-state index in [0.29, 0.717) is 16.3 Å². The molecule has 0 fully saturated rings. The van der Waals surface area contributed by atoms with Crippen LogP contribution in [0.3, 0.4) is 0 Å². The van der Waals surface area contributed by atoms with E-state index in [1.807, 2.05) is 0 Å². The lowest BCUT2D eigenvalue weighted by atomic mass is 10.2. The Labute approximate surface area is 149 Å². The Balaban J connectivity index is 1.61. The molecule has 1 heterocycles. The summed E-state index contributed by atoms with van der Waals surface area (Å²) < 4.78 is 5.08. The minimum Gasteiger partial charge on any atom is -0.467 e. The lowest BCUT2D eigenvalue weighted by molar-refractivity contribution is -0.126. The number of nitrogens with one attached hydrogen (secondary N) is 3. The highest BCUT2D eigenvalue weighted by Gasteiger charge is 2.10. The van der Waals surface area contributed by atoms with Gasteiger partial charge in [0.1, 0.15) is 5.76 Å². The zero-order chi connectivity index (χ0) is 18.1. The van der Waals surface area contributed by atoms with Crippen LogP contribution in [-0.2, 0) is 16.1 Å². The van der Waals surface area contributed by atoms with Crippen LogP contribution in [0.1, 0.15) is 22.5 Å². The number of amides is 3. The molecule has 0 bridgehead atoms. The molecule has 0 saturated heterocycles. The van der Waals surface area contributed by atoms with E-state index in [9.17, 15) is 14.4 Å². The predicted octanol–water partition coefficient (Wildman–Crippen LogP) is 1.49. The minimum atomic E-state index is -0.352. The van der Waals surface area contributed by atoms with E-state index in [4.69, 9.17) is 16.0 Å². The second kappa shape index (κ2) is 9.48. The van der Waals surface area contributed by atoms with Gasteiger partial charge in [0.25, 0.3) is 5.91 Å². The van der Waals surface area contributed by atoms with Gasteiger partial charge >= 0.3 is 0 Å². The van der Waals surface area contributed by atoms with Crippen molar-refractivity contribution in [1.82, 2.24) is 16.0 Å². The maximum atomic E-state index is 11.9. The van der Waals surface area contributed by atoms with E-state index >= 15 is 0 Å². The average Bonchev–Trinajstić information content (AvgIpc) is 3.12. The van der Waals surface area contributed by atoms with Crippen molar-refractivity contribution >= 4 is 29.3 Å². The van der Waals surface area contributed by atoms with Crippen molar-refractivity contribution in [3.63, 3.8) is 0 Å². The first kappa shape index (κ1) is 18.5. The van der Waals surface area contributed by atoms with E-state index in [0.717, 1.165) is 0 Å². The summed E-state index contributed by atoms with van der Waals surface area (Å²) >= 11 is 5.92. The van der Waals surface area contributed by atoms with Gasteiger partial charge in [0.15, 0.2) is 0 Å². The molecule has 132 valence electrons. The molecule has 0 spiro atoms. The molecule has 7 nitrogen and oxygen atoms in total. The molecule has 2 aromatic rings. The van der Waals surface area contributed by atoms with Crippen LogP contribution in [-0.4, -0.2) is 30.8 Å². The van der Waals surface area contributed by atoms with E-state index in [-0.39, 0.29) is 43.8 Å². The summed E-state index contributed by atoms with van der Waals surface area (Å²) in [5.41, 5.74) is 0.349. The highest BCUT2D eigenvalue weighted by atomic mass is 35.5. The van der Waals surface area contributed by atoms with Crippen molar-refractivity contribution in [2.45, 2.75) is 13.0 Å². The van der Waals surface area contributed by atoms with Crippen LogP contribution in [0.15, 0.2) is 47.1 Å². The summed E-state index contributed by atoms with van der Waals surface area (Å²) in [6, 6.07) is 10.1. The number of carbonyl (C=O) groups excluding carboxylic acids is 3. The molecule has 1 aromatic carbocycles. The first-order valence-corrected chi connectivity index (χ1v) is 8.02. The van der Waals surface area contributed by atoms with E-state index in [2.05, 4.69) is 16.0 Å². The smallest absolute Gasteiger partial charge is 0.252 e. The van der Waals surface area contributed by atoms with E-state index in [1.54, 1.807) is 36.4 Å². The Bertz CT molecular complexity index is 731. The molecule has 0 radical (unpaired) electrons. The Hall–Kier alpha value is -2.80. The van der Waals surface area contributed by atoms with E-state index in [1.165, 1.54) is 6.26 Å². The van der Waals surface area contributed by atoms with Gasteiger partial charge in [0.2, 0.25) is 11.8 Å². The first-order chi connectivity index (χ1) is 12.1. The normalized spacial score (nSPS) is 10.1. The number of hydrogen-bond acceptors (Lipinski definition) is 4. The van der Waals surface area contributed by atoms with Crippen molar-refractivity contribution in [2.75, 3.05) is 13.1 Å². The number of benzene rings is 1. The Morgan fingerprint density at radius 1 is 0.960 bits per heavy atom. The number of halogens is 1. The van der Waals surface area contributed by atoms with E-state index < -0.39 is 0 Å². The third-order valence-electron chi connectivity index (χ3n) is 3.24. The van der Waals surface area contributed by atoms with Crippen LogP contribution in [0.4, 0.5) is 0 Å². The first-order valence-electron chi connectivity index (χ1n) is 7.65. The Morgan fingerprint density at radius 2 is 1.76 bits per heavy atom. The van der Waals surface area contributed by atoms with Crippen molar-refractivity contribution in [3.05, 3.63) is 59.0 Å². The Morgan fingerprint density at radius 3 is 2.48 bits per heavy atom. The summed E-state index contributed by atoms with van der Waals surface area (Å²) in [5.74, 6) is -0.394. The summed E-state index contributed by atoms with van der Waals surface area (Å²) in [5, 5.41) is 8.04. The fourth-order valence-electron chi connectivity index (χ4n) is 1.96. The average molecular weight is 364 g/mol. The molecule has 0 aliphatic heterocycles. The van der Waals surface area contributed by atoms with Gasteiger partial charge < -0.3 is 20.4 Å². The van der Waals surface area contributed by atoms with Crippen molar-refractivity contribution in [3.8, 4) is 0 Å². The summed E-state index contributed by atoms with van der Waals surface area (Å²) in [6.45, 7) is 0.261. The summed E-state index contributed by atoms with van der Waals surface area (Å²) in [4.78, 5) is 35.2. The van der Waals surface area contributed by atoms with Gasteiger partial charge in [-0.05, 0) is 24.3 Å².